The first-order chi connectivity index (χ1) is 14.1. The minimum atomic E-state index is -0.482. The molecule has 2 aromatic carbocycles. The predicted molar refractivity (Wildman–Crippen MR) is 109 cm³/mol. The van der Waals surface area contributed by atoms with Crippen LogP contribution in [-0.4, -0.2) is 16.4 Å². The van der Waals surface area contributed by atoms with Crippen LogP contribution in [0.15, 0.2) is 48.5 Å². The first-order valence-electron chi connectivity index (χ1n) is 9.99. The number of imide groups is 1. The van der Waals surface area contributed by atoms with Gasteiger partial charge in [0.15, 0.2) is 0 Å². The molecule has 144 valence electrons. The van der Waals surface area contributed by atoms with Gasteiger partial charge in [-0.15, -0.1) is 0 Å². The highest BCUT2D eigenvalue weighted by Gasteiger charge is 2.52. The van der Waals surface area contributed by atoms with Crippen LogP contribution in [0.25, 0.3) is 10.9 Å². The van der Waals surface area contributed by atoms with Crippen molar-refractivity contribution in [3.63, 3.8) is 0 Å². The average molecular weight is 383 g/mol. The summed E-state index contributed by atoms with van der Waals surface area (Å²) < 4.78 is 2.19. The number of nitrogens with zero attached hydrogens (tertiary/aromatic N) is 2. The lowest BCUT2D eigenvalue weighted by molar-refractivity contribution is -0.126. The molecule has 0 radical (unpaired) electrons. The molecule has 0 spiro atoms. The molecule has 5 nitrogen and oxygen atoms in total. The van der Waals surface area contributed by atoms with Gasteiger partial charge in [0.25, 0.3) is 0 Å². The van der Waals surface area contributed by atoms with E-state index in [9.17, 15) is 9.59 Å². The van der Waals surface area contributed by atoms with E-state index in [2.05, 4.69) is 35.0 Å². The number of nitriles is 1. The number of para-hydroxylation sites is 1. The summed E-state index contributed by atoms with van der Waals surface area (Å²) in [7, 11) is 0. The van der Waals surface area contributed by atoms with Crippen LogP contribution in [0.5, 0.6) is 0 Å². The van der Waals surface area contributed by atoms with Crippen molar-refractivity contribution in [2.24, 2.45) is 5.92 Å². The average Bonchev–Trinajstić information content (AvgIpc) is 3.20. The van der Waals surface area contributed by atoms with Gasteiger partial charge in [-0.3, -0.25) is 14.9 Å². The lowest BCUT2D eigenvalue weighted by atomic mass is 9.68. The number of carbonyl (C=O) groups is 2. The summed E-state index contributed by atoms with van der Waals surface area (Å²) >= 11 is 0. The fourth-order valence-electron chi connectivity index (χ4n) is 5.33. The second-order valence-corrected chi connectivity index (χ2v) is 7.96. The number of hydrogen-bond acceptors (Lipinski definition) is 3. The van der Waals surface area contributed by atoms with Gasteiger partial charge >= 0.3 is 0 Å². The third-order valence-corrected chi connectivity index (χ3v) is 6.51. The van der Waals surface area contributed by atoms with Gasteiger partial charge in [-0.05, 0) is 36.1 Å². The number of nitrogens with one attached hydrogen (secondary N) is 1. The van der Waals surface area contributed by atoms with Crippen LogP contribution < -0.4 is 5.32 Å². The molecular formula is C24H21N3O2. The zero-order valence-corrected chi connectivity index (χ0v) is 16.2. The van der Waals surface area contributed by atoms with Crippen LogP contribution in [0.1, 0.15) is 40.6 Å². The minimum Gasteiger partial charge on any atom is -0.343 e. The third-order valence-electron chi connectivity index (χ3n) is 6.51. The standard InChI is InChI=1S/C24H21N3O2/c1-14-7-2-3-8-15(14)17-13-19-20(22-21(17)23(28)26-24(22)29)16-9-4-5-10-18(16)27(19)12-6-11-25/h2-5,7-10,17,21-22H,6,12-13H2,1H3,(H,26,28,29). The first-order valence-corrected chi connectivity index (χ1v) is 9.99. The van der Waals surface area contributed by atoms with Gasteiger partial charge < -0.3 is 4.57 Å². The quantitative estimate of drug-likeness (QED) is 0.703. The molecule has 2 heterocycles. The Hall–Kier alpha value is -3.39. The summed E-state index contributed by atoms with van der Waals surface area (Å²) in [6.07, 6.45) is 1.08. The number of benzene rings is 2. The van der Waals surface area contributed by atoms with Crippen molar-refractivity contribution in [3.8, 4) is 6.07 Å². The maximum atomic E-state index is 12.9. The lowest BCUT2D eigenvalue weighted by Crippen LogP contribution is -2.32. The zero-order chi connectivity index (χ0) is 20.1. The molecule has 1 N–H and O–H groups in total. The lowest BCUT2D eigenvalue weighted by Gasteiger charge is -2.33. The van der Waals surface area contributed by atoms with E-state index in [-0.39, 0.29) is 17.7 Å². The molecule has 3 atom stereocenters. The Balaban J connectivity index is 1.78. The molecule has 1 fully saturated rings. The molecule has 2 amide bonds. The van der Waals surface area contributed by atoms with E-state index in [0.717, 1.165) is 33.3 Å². The molecule has 1 saturated heterocycles. The molecule has 2 aliphatic rings. The Morgan fingerprint density at radius 2 is 1.86 bits per heavy atom. The SMILES string of the molecule is Cc1ccccc1C1Cc2c(c3ccccc3n2CCC#N)C2C(=O)NC(=O)C12. The summed E-state index contributed by atoms with van der Waals surface area (Å²) in [4.78, 5) is 25.8. The van der Waals surface area contributed by atoms with Crippen molar-refractivity contribution < 1.29 is 9.59 Å². The second kappa shape index (κ2) is 6.59. The Morgan fingerprint density at radius 1 is 1.10 bits per heavy atom. The molecule has 1 aliphatic carbocycles. The van der Waals surface area contributed by atoms with Crippen molar-refractivity contribution in [1.82, 2.24) is 9.88 Å². The predicted octanol–water partition coefficient (Wildman–Crippen LogP) is 3.56. The Kier molecular flexibility index (Phi) is 4.02. The van der Waals surface area contributed by atoms with Crippen molar-refractivity contribution >= 4 is 22.7 Å². The van der Waals surface area contributed by atoms with Gasteiger partial charge in [-0.25, -0.2) is 0 Å². The van der Waals surface area contributed by atoms with E-state index < -0.39 is 11.8 Å². The largest absolute Gasteiger partial charge is 0.343 e. The van der Waals surface area contributed by atoms with E-state index in [0.29, 0.717) is 19.4 Å². The number of amides is 2. The number of rotatable bonds is 3. The normalized spacial score (nSPS) is 22.8. The van der Waals surface area contributed by atoms with E-state index in [1.54, 1.807) is 0 Å². The highest BCUT2D eigenvalue weighted by atomic mass is 16.2. The van der Waals surface area contributed by atoms with Crippen LogP contribution in [0, 0.1) is 24.2 Å². The van der Waals surface area contributed by atoms with E-state index in [1.165, 1.54) is 0 Å². The fraction of sp³-hybridized carbons (Fsp3) is 0.292. The van der Waals surface area contributed by atoms with Crippen LogP contribution in [0.4, 0.5) is 0 Å². The maximum Gasteiger partial charge on any atom is 0.235 e. The van der Waals surface area contributed by atoms with Gasteiger partial charge in [-0.1, -0.05) is 42.5 Å². The summed E-state index contributed by atoms with van der Waals surface area (Å²) in [5, 5.41) is 12.8. The van der Waals surface area contributed by atoms with Crippen LogP contribution in [-0.2, 0) is 22.6 Å². The Morgan fingerprint density at radius 3 is 2.66 bits per heavy atom. The zero-order valence-electron chi connectivity index (χ0n) is 16.2. The molecule has 1 aromatic heterocycles. The van der Waals surface area contributed by atoms with Gasteiger partial charge in [-0.2, -0.15) is 5.26 Å². The molecule has 5 heteroatoms. The summed E-state index contributed by atoms with van der Waals surface area (Å²) in [6.45, 7) is 2.64. The van der Waals surface area contributed by atoms with Crippen molar-refractivity contribution in [3.05, 3.63) is 70.9 Å². The van der Waals surface area contributed by atoms with Gasteiger partial charge in [0.05, 0.1) is 24.3 Å². The Labute approximate surface area is 168 Å². The highest BCUT2D eigenvalue weighted by Crippen LogP contribution is 2.50. The topological polar surface area (TPSA) is 74.9 Å². The molecule has 29 heavy (non-hydrogen) atoms. The number of hydrogen-bond donors (Lipinski definition) is 1. The minimum absolute atomic E-state index is 0.0645. The van der Waals surface area contributed by atoms with Crippen molar-refractivity contribution in [2.75, 3.05) is 0 Å². The number of aryl methyl sites for hydroxylation is 2. The van der Waals surface area contributed by atoms with Crippen molar-refractivity contribution in [1.29, 1.82) is 5.26 Å². The third kappa shape index (κ3) is 2.52. The molecule has 0 saturated carbocycles. The summed E-state index contributed by atoms with van der Waals surface area (Å²) in [5.74, 6) is -1.32. The second-order valence-electron chi connectivity index (χ2n) is 7.96. The number of fused-ring (bicyclic) bond motifs is 5. The molecule has 5 rings (SSSR count). The van der Waals surface area contributed by atoms with E-state index >= 15 is 0 Å². The number of aromatic nitrogens is 1. The smallest absolute Gasteiger partial charge is 0.235 e. The van der Waals surface area contributed by atoms with Crippen LogP contribution >= 0.6 is 0 Å². The van der Waals surface area contributed by atoms with E-state index in [1.807, 2.05) is 36.4 Å². The number of carbonyl (C=O) groups excluding carboxylic acids is 2. The monoisotopic (exact) mass is 383 g/mol. The maximum absolute atomic E-state index is 12.9. The first kappa shape index (κ1) is 17.7. The molecule has 0 bridgehead atoms. The molecule has 1 aliphatic heterocycles. The van der Waals surface area contributed by atoms with Crippen molar-refractivity contribution in [2.45, 2.75) is 38.1 Å². The molecule has 3 unspecified atom stereocenters. The van der Waals surface area contributed by atoms with Gasteiger partial charge in [0.2, 0.25) is 11.8 Å². The van der Waals surface area contributed by atoms with Crippen LogP contribution in [0.3, 0.4) is 0 Å². The Bertz CT molecular complexity index is 1200. The highest BCUT2D eigenvalue weighted by molar-refractivity contribution is 6.10. The summed E-state index contributed by atoms with van der Waals surface area (Å²) in [6, 6.07) is 18.4. The van der Waals surface area contributed by atoms with Gasteiger partial charge in [0.1, 0.15) is 0 Å². The molecule has 3 aromatic rings. The van der Waals surface area contributed by atoms with E-state index in [4.69, 9.17) is 5.26 Å². The van der Waals surface area contributed by atoms with Gasteiger partial charge in [0, 0.05) is 29.1 Å². The van der Waals surface area contributed by atoms with Crippen LogP contribution in [0.2, 0.25) is 0 Å². The summed E-state index contributed by atoms with van der Waals surface area (Å²) in [5.41, 5.74) is 5.34. The molecular weight excluding hydrogens is 362 g/mol. The fourth-order valence-corrected chi connectivity index (χ4v) is 5.33.